The summed E-state index contributed by atoms with van der Waals surface area (Å²) in [5.74, 6) is -0.0466. The number of amides is 1. The monoisotopic (exact) mass is 213 g/mol. The third-order valence-electron chi connectivity index (χ3n) is 2.60. The second kappa shape index (κ2) is 6.62. The highest BCUT2D eigenvalue weighted by molar-refractivity contribution is 5.73. The molecule has 3 nitrogen and oxygen atoms in total. The number of carbonyl (C=O) groups is 1. The van der Waals surface area contributed by atoms with Crippen molar-refractivity contribution in [1.82, 2.24) is 5.32 Å². The van der Waals surface area contributed by atoms with Crippen molar-refractivity contribution in [3.63, 3.8) is 0 Å². The molecule has 0 aliphatic heterocycles. The van der Waals surface area contributed by atoms with Gasteiger partial charge in [-0.25, -0.2) is 0 Å². The van der Waals surface area contributed by atoms with E-state index in [1.165, 1.54) is 6.92 Å². The maximum absolute atomic E-state index is 10.9. The molecule has 0 rings (SSSR count). The molecule has 15 heavy (non-hydrogen) atoms. The Morgan fingerprint density at radius 3 is 2.67 bits per heavy atom. The van der Waals surface area contributed by atoms with Crippen molar-refractivity contribution in [3.05, 3.63) is 12.7 Å². The molecular formula is C12H23NO2. The van der Waals surface area contributed by atoms with Gasteiger partial charge in [0.1, 0.15) is 5.60 Å². The Morgan fingerprint density at radius 2 is 2.27 bits per heavy atom. The lowest BCUT2D eigenvalue weighted by atomic mass is 9.97. The van der Waals surface area contributed by atoms with Gasteiger partial charge in [-0.05, 0) is 20.3 Å². The highest BCUT2D eigenvalue weighted by Crippen LogP contribution is 2.17. The van der Waals surface area contributed by atoms with Crippen molar-refractivity contribution >= 4 is 5.91 Å². The first-order valence-corrected chi connectivity index (χ1v) is 5.51. The molecule has 0 aliphatic carbocycles. The van der Waals surface area contributed by atoms with Gasteiger partial charge >= 0.3 is 0 Å². The van der Waals surface area contributed by atoms with E-state index < -0.39 is 5.60 Å². The van der Waals surface area contributed by atoms with E-state index in [1.54, 1.807) is 6.08 Å². The van der Waals surface area contributed by atoms with Crippen LogP contribution in [-0.2, 0) is 9.53 Å². The van der Waals surface area contributed by atoms with Gasteiger partial charge in [0.2, 0.25) is 5.91 Å². The fraction of sp³-hybridized carbons (Fsp3) is 0.750. The number of rotatable bonds is 7. The van der Waals surface area contributed by atoms with Gasteiger partial charge in [0.25, 0.3) is 0 Å². The van der Waals surface area contributed by atoms with Crippen molar-refractivity contribution in [2.24, 2.45) is 0 Å². The molecule has 88 valence electrons. The Kier molecular flexibility index (Phi) is 6.25. The second-order valence-corrected chi connectivity index (χ2v) is 4.01. The van der Waals surface area contributed by atoms with Crippen LogP contribution < -0.4 is 5.32 Å². The molecule has 1 amide bonds. The summed E-state index contributed by atoms with van der Waals surface area (Å²) in [5.41, 5.74) is -0.485. The summed E-state index contributed by atoms with van der Waals surface area (Å²) < 4.78 is 5.75. The largest absolute Gasteiger partial charge is 0.369 e. The smallest absolute Gasteiger partial charge is 0.217 e. The number of unbranched alkanes of at least 4 members (excludes halogenated alkanes) is 1. The Balaban J connectivity index is 4.26. The van der Waals surface area contributed by atoms with Gasteiger partial charge in [0, 0.05) is 13.5 Å². The van der Waals surface area contributed by atoms with E-state index in [0.717, 1.165) is 12.8 Å². The average molecular weight is 213 g/mol. The van der Waals surface area contributed by atoms with Crippen LogP contribution in [0.3, 0.4) is 0 Å². The van der Waals surface area contributed by atoms with Crippen LogP contribution in [0.5, 0.6) is 0 Å². The first-order chi connectivity index (χ1) is 6.96. The highest BCUT2D eigenvalue weighted by Gasteiger charge is 2.29. The van der Waals surface area contributed by atoms with Crippen molar-refractivity contribution in [2.45, 2.75) is 52.2 Å². The zero-order chi connectivity index (χ0) is 11.9. The third kappa shape index (κ3) is 4.98. The normalized spacial score (nSPS) is 16.5. The molecule has 0 aliphatic rings. The van der Waals surface area contributed by atoms with Crippen molar-refractivity contribution in [2.75, 3.05) is 6.61 Å². The number of hydrogen-bond acceptors (Lipinski definition) is 2. The molecule has 0 saturated carbocycles. The molecule has 0 bridgehead atoms. The van der Waals surface area contributed by atoms with E-state index in [4.69, 9.17) is 4.74 Å². The average Bonchev–Trinajstić information content (AvgIpc) is 2.16. The van der Waals surface area contributed by atoms with Crippen LogP contribution in [0, 0.1) is 0 Å². The fourth-order valence-corrected chi connectivity index (χ4v) is 1.25. The molecule has 0 radical (unpaired) electrons. The number of carbonyl (C=O) groups excluding carboxylic acids is 1. The standard InChI is InChI=1S/C12H23NO2/c1-6-8-9-15-12(5,7-2)10(3)13-11(4)14/h7,10H,2,6,8-9H2,1,3-5H3,(H,13,14). The predicted octanol–water partition coefficient (Wildman–Crippen LogP) is 2.27. The van der Waals surface area contributed by atoms with Gasteiger partial charge in [-0.3, -0.25) is 4.79 Å². The number of ether oxygens (including phenoxy) is 1. The molecular weight excluding hydrogens is 190 g/mol. The number of hydrogen-bond donors (Lipinski definition) is 1. The van der Waals surface area contributed by atoms with Crippen molar-refractivity contribution in [3.8, 4) is 0 Å². The summed E-state index contributed by atoms with van der Waals surface area (Å²) in [7, 11) is 0. The predicted molar refractivity (Wildman–Crippen MR) is 62.7 cm³/mol. The van der Waals surface area contributed by atoms with E-state index >= 15 is 0 Å². The molecule has 1 N–H and O–H groups in total. The minimum atomic E-state index is -0.485. The maximum Gasteiger partial charge on any atom is 0.217 e. The molecule has 0 aromatic carbocycles. The molecule has 0 heterocycles. The van der Waals surface area contributed by atoms with Crippen LogP contribution in [0.4, 0.5) is 0 Å². The minimum Gasteiger partial charge on any atom is -0.369 e. The lowest BCUT2D eigenvalue weighted by Crippen LogP contribution is -2.49. The van der Waals surface area contributed by atoms with Crippen LogP contribution >= 0.6 is 0 Å². The first kappa shape index (κ1) is 14.2. The van der Waals surface area contributed by atoms with Crippen LogP contribution in [0.25, 0.3) is 0 Å². The Morgan fingerprint density at radius 1 is 1.67 bits per heavy atom. The lowest BCUT2D eigenvalue weighted by Gasteiger charge is -2.33. The molecule has 3 heteroatoms. The second-order valence-electron chi connectivity index (χ2n) is 4.01. The topological polar surface area (TPSA) is 38.3 Å². The summed E-state index contributed by atoms with van der Waals surface area (Å²) >= 11 is 0. The zero-order valence-electron chi connectivity index (χ0n) is 10.3. The third-order valence-corrected chi connectivity index (χ3v) is 2.60. The van der Waals surface area contributed by atoms with Crippen LogP contribution in [-0.4, -0.2) is 24.2 Å². The summed E-state index contributed by atoms with van der Waals surface area (Å²) in [6.45, 7) is 12.0. The Bertz CT molecular complexity index is 216. The fourth-order valence-electron chi connectivity index (χ4n) is 1.25. The van der Waals surface area contributed by atoms with E-state index in [0.29, 0.717) is 6.61 Å². The minimum absolute atomic E-state index is 0.0466. The van der Waals surface area contributed by atoms with Gasteiger partial charge in [-0.2, -0.15) is 0 Å². The van der Waals surface area contributed by atoms with Crippen LogP contribution in [0.2, 0.25) is 0 Å². The first-order valence-electron chi connectivity index (χ1n) is 5.51. The van der Waals surface area contributed by atoms with Gasteiger partial charge in [-0.15, -0.1) is 6.58 Å². The summed E-state index contributed by atoms with van der Waals surface area (Å²) in [4.78, 5) is 10.9. The van der Waals surface area contributed by atoms with E-state index in [9.17, 15) is 4.79 Å². The number of nitrogens with one attached hydrogen (secondary N) is 1. The van der Waals surface area contributed by atoms with Gasteiger partial charge in [0.15, 0.2) is 0 Å². The van der Waals surface area contributed by atoms with E-state index in [-0.39, 0.29) is 11.9 Å². The van der Waals surface area contributed by atoms with Gasteiger partial charge in [-0.1, -0.05) is 19.4 Å². The molecule has 2 atom stereocenters. The highest BCUT2D eigenvalue weighted by atomic mass is 16.5. The molecule has 0 aromatic rings. The quantitative estimate of drug-likeness (QED) is 0.520. The van der Waals surface area contributed by atoms with Crippen molar-refractivity contribution in [1.29, 1.82) is 0 Å². The molecule has 0 fully saturated rings. The van der Waals surface area contributed by atoms with E-state index in [2.05, 4.69) is 18.8 Å². The van der Waals surface area contributed by atoms with Gasteiger partial charge < -0.3 is 10.1 Å². The molecule has 0 spiro atoms. The Hall–Kier alpha value is -0.830. The van der Waals surface area contributed by atoms with Gasteiger partial charge in [0.05, 0.1) is 6.04 Å². The maximum atomic E-state index is 10.9. The summed E-state index contributed by atoms with van der Waals surface area (Å²) in [6, 6.07) is -0.0654. The lowest BCUT2D eigenvalue weighted by molar-refractivity contribution is -0.121. The zero-order valence-corrected chi connectivity index (χ0v) is 10.3. The Labute approximate surface area is 92.9 Å². The van der Waals surface area contributed by atoms with E-state index in [1.807, 2.05) is 13.8 Å². The van der Waals surface area contributed by atoms with Crippen molar-refractivity contribution < 1.29 is 9.53 Å². The summed E-state index contributed by atoms with van der Waals surface area (Å²) in [6.07, 6.45) is 3.88. The van der Waals surface area contributed by atoms with Crippen LogP contribution in [0.1, 0.15) is 40.5 Å². The molecule has 0 aromatic heterocycles. The summed E-state index contributed by atoms with van der Waals surface area (Å²) in [5, 5.41) is 2.83. The molecule has 2 unspecified atom stereocenters. The molecule has 0 saturated heterocycles. The SMILES string of the molecule is C=CC(C)(OCCCC)C(C)NC(C)=O. The van der Waals surface area contributed by atoms with Crippen LogP contribution in [0.15, 0.2) is 12.7 Å².